The van der Waals surface area contributed by atoms with Gasteiger partial charge < -0.3 is 24.6 Å². The molecule has 192 valence electrons. The second-order valence-electron chi connectivity index (χ2n) is 9.67. The van der Waals surface area contributed by atoms with Crippen molar-refractivity contribution in [2.24, 2.45) is 11.8 Å². The van der Waals surface area contributed by atoms with E-state index in [1.807, 2.05) is 42.7 Å². The molecule has 1 fully saturated rings. The number of hydrogen-bond donors (Lipinski definition) is 2. The van der Waals surface area contributed by atoms with Crippen molar-refractivity contribution in [2.75, 3.05) is 26.8 Å². The average molecular weight is 487 g/mol. The van der Waals surface area contributed by atoms with E-state index in [0.29, 0.717) is 31.8 Å². The van der Waals surface area contributed by atoms with Crippen LogP contribution in [-0.2, 0) is 16.1 Å². The Balaban J connectivity index is 1.86. The molecule has 0 radical (unpaired) electrons. The number of imidazole rings is 1. The number of piperidine rings is 1. The lowest BCUT2D eigenvalue weighted by Crippen LogP contribution is -2.57. The van der Waals surface area contributed by atoms with E-state index in [4.69, 9.17) is 9.72 Å². The molecule has 1 aliphatic rings. The van der Waals surface area contributed by atoms with Gasteiger partial charge in [0.2, 0.25) is 5.78 Å². The standard InChI is InChI=1S/C26H38N4O5/c1-5-22(31)18-14-19(16-29(15-18)26(33)34)27-23(17(2)3)24(32)25-28-20-10-6-7-11-21(20)30(25)12-8-9-13-35-4/h6-7,10-11,17-19,23,27H,5,8-9,12-16H2,1-4H3,(H,33,34)/t18-,19+,23?/m1/s1. The van der Waals surface area contributed by atoms with Crippen molar-refractivity contribution < 1.29 is 24.2 Å². The molecule has 1 saturated heterocycles. The Kier molecular flexibility index (Phi) is 9.40. The van der Waals surface area contributed by atoms with Crippen molar-refractivity contribution in [3.05, 3.63) is 30.1 Å². The van der Waals surface area contributed by atoms with Crippen LogP contribution in [0.5, 0.6) is 0 Å². The SMILES string of the molecule is CCC(=O)[C@@H]1C[C@H](NC(C(=O)c2nc3ccccc3n2CCCCOC)C(C)C)CN(C(=O)O)C1. The van der Waals surface area contributed by atoms with Crippen LogP contribution in [0.25, 0.3) is 11.0 Å². The van der Waals surface area contributed by atoms with E-state index in [-0.39, 0.29) is 42.5 Å². The van der Waals surface area contributed by atoms with Gasteiger partial charge in [0.05, 0.1) is 17.1 Å². The summed E-state index contributed by atoms with van der Waals surface area (Å²) in [7, 11) is 1.68. The number of aryl methyl sites for hydroxylation is 1. The van der Waals surface area contributed by atoms with Crippen LogP contribution in [0.2, 0.25) is 0 Å². The van der Waals surface area contributed by atoms with Gasteiger partial charge in [0.15, 0.2) is 5.82 Å². The zero-order valence-electron chi connectivity index (χ0n) is 21.2. The minimum absolute atomic E-state index is 0.0491. The number of amides is 1. The van der Waals surface area contributed by atoms with Crippen molar-refractivity contribution in [1.82, 2.24) is 19.8 Å². The number of fused-ring (bicyclic) bond motifs is 1. The summed E-state index contributed by atoms with van der Waals surface area (Å²) in [4.78, 5) is 44.0. The maximum Gasteiger partial charge on any atom is 0.407 e. The first-order valence-corrected chi connectivity index (χ1v) is 12.5. The summed E-state index contributed by atoms with van der Waals surface area (Å²) in [6.07, 6.45) is 1.56. The first-order valence-electron chi connectivity index (χ1n) is 12.5. The number of Topliss-reactive ketones (excluding diaryl/α,β-unsaturated/α-hetero) is 2. The predicted molar refractivity (Wildman–Crippen MR) is 134 cm³/mol. The zero-order valence-corrected chi connectivity index (χ0v) is 21.2. The summed E-state index contributed by atoms with van der Waals surface area (Å²) in [6.45, 7) is 7.48. The van der Waals surface area contributed by atoms with Crippen molar-refractivity contribution in [3.63, 3.8) is 0 Å². The summed E-state index contributed by atoms with van der Waals surface area (Å²) < 4.78 is 7.15. The van der Waals surface area contributed by atoms with E-state index < -0.39 is 12.1 Å². The van der Waals surface area contributed by atoms with Gasteiger partial charge >= 0.3 is 6.09 Å². The Bertz CT molecular complexity index is 1030. The molecular weight excluding hydrogens is 448 g/mol. The smallest absolute Gasteiger partial charge is 0.407 e. The number of carbonyl (C=O) groups is 3. The van der Waals surface area contributed by atoms with Gasteiger partial charge in [-0.15, -0.1) is 0 Å². The van der Waals surface area contributed by atoms with Crippen LogP contribution in [0.3, 0.4) is 0 Å². The van der Waals surface area contributed by atoms with E-state index in [9.17, 15) is 19.5 Å². The number of methoxy groups -OCH3 is 1. The quantitative estimate of drug-likeness (QED) is 0.348. The van der Waals surface area contributed by atoms with Crippen LogP contribution in [0, 0.1) is 11.8 Å². The topological polar surface area (TPSA) is 114 Å². The van der Waals surface area contributed by atoms with E-state index in [0.717, 1.165) is 23.9 Å². The second-order valence-corrected chi connectivity index (χ2v) is 9.67. The van der Waals surface area contributed by atoms with Gasteiger partial charge in [-0.05, 0) is 37.3 Å². The first-order chi connectivity index (χ1) is 16.8. The molecule has 1 aromatic carbocycles. The number of carboxylic acid groups (broad SMARTS) is 1. The van der Waals surface area contributed by atoms with Gasteiger partial charge in [-0.1, -0.05) is 32.9 Å². The van der Waals surface area contributed by atoms with E-state index in [1.165, 1.54) is 4.90 Å². The molecule has 3 rings (SSSR count). The predicted octanol–water partition coefficient (Wildman–Crippen LogP) is 3.61. The van der Waals surface area contributed by atoms with E-state index >= 15 is 0 Å². The average Bonchev–Trinajstić information content (AvgIpc) is 3.22. The molecule has 9 heteroatoms. The number of carbonyl (C=O) groups excluding carboxylic acids is 2. The second kappa shape index (κ2) is 12.3. The Labute approximate surface area is 206 Å². The van der Waals surface area contributed by atoms with Gasteiger partial charge in [0.1, 0.15) is 5.78 Å². The fraction of sp³-hybridized carbons (Fsp3) is 0.615. The Morgan fingerprint density at radius 2 is 1.94 bits per heavy atom. The number of nitrogens with zero attached hydrogens (tertiary/aromatic N) is 3. The van der Waals surface area contributed by atoms with Crippen molar-refractivity contribution >= 4 is 28.7 Å². The molecular formula is C26H38N4O5. The van der Waals surface area contributed by atoms with Crippen molar-refractivity contribution in [3.8, 4) is 0 Å². The Morgan fingerprint density at radius 3 is 2.60 bits per heavy atom. The number of benzene rings is 1. The molecule has 1 unspecified atom stereocenters. The molecule has 3 atom stereocenters. The highest BCUT2D eigenvalue weighted by molar-refractivity contribution is 6.00. The van der Waals surface area contributed by atoms with Gasteiger partial charge in [-0.2, -0.15) is 0 Å². The highest BCUT2D eigenvalue weighted by Gasteiger charge is 2.36. The summed E-state index contributed by atoms with van der Waals surface area (Å²) in [5.41, 5.74) is 1.69. The minimum atomic E-state index is -1.05. The highest BCUT2D eigenvalue weighted by Crippen LogP contribution is 2.23. The van der Waals surface area contributed by atoms with Crippen LogP contribution < -0.4 is 5.32 Å². The zero-order chi connectivity index (χ0) is 25.5. The molecule has 0 saturated carbocycles. The molecule has 1 aliphatic heterocycles. The molecule has 2 aromatic rings. The third-order valence-electron chi connectivity index (χ3n) is 6.74. The van der Waals surface area contributed by atoms with Crippen LogP contribution >= 0.6 is 0 Å². The lowest BCUT2D eigenvalue weighted by molar-refractivity contribution is -0.124. The molecule has 1 amide bonds. The maximum atomic E-state index is 13.9. The third-order valence-corrected chi connectivity index (χ3v) is 6.74. The summed E-state index contributed by atoms with van der Waals surface area (Å²) >= 11 is 0. The number of aromatic nitrogens is 2. The Hall–Kier alpha value is -2.78. The van der Waals surface area contributed by atoms with E-state index in [2.05, 4.69) is 5.32 Å². The highest BCUT2D eigenvalue weighted by atomic mass is 16.5. The summed E-state index contributed by atoms with van der Waals surface area (Å²) in [6, 6.07) is 6.87. The van der Waals surface area contributed by atoms with Gasteiger partial charge in [0.25, 0.3) is 0 Å². The van der Waals surface area contributed by atoms with Gasteiger partial charge in [0, 0.05) is 51.7 Å². The molecule has 1 aromatic heterocycles. The molecule has 9 nitrogen and oxygen atoms in total. The number of likely N-dealkylation sites (tertiary alicyclic amines) is 1. The molecule has 0 bridgehead atoms. The first kappa shape index (κ1) is 26.8. The normalized spacial score (nSPS) is 19.3. The fourth-order valence-electron chi connectivity index (χ4n) is 4.87. The third kappa shape index (κ3) is 6.46. The molecule has 0 spiro atoms. The largest absolute Gasteiger partial charge is 0.465 e. The van der Waals surface area contributed by atoms with Gasteiger partial charge in [-0.25, -0.2) is 9.78 Å². The van der Waals surface area contributed by atoms with Gasteiger partial charge in [-0.3, -0.25) is 9.59 Å². The number of ketones is 2. The molecule has 2 N–H and O–H groups in total. The fourth-order valence-corrected chi connectivity index (χ4v) is 4.87. The number of rotatable bonds is 12. The molecule has 2 heterocycles. The van der Waals surface area contributed by atoms with Crippen LogP contribution in [0.4, 0.5) is 4.79 Å². The lowest BCUT2D eigenvalue weighted by Gasteiger charge is -2.38. The maximum absolute atomic E-state index is 13.9. The Morgan fingerprint density at radius 1 is 1.20 bits per heavy atom. The number of hydrogen-bond acceptors (Lipinski definition) is 6. The van der Waals surface area contributed by atoms with Crippen molar-refractivity contribution in [1.29, 1.82) is 0 Å². The summed E-state index contributed by atoms with van der Waals surface area (Å²) in [5.74, 6) is -0.0795. The van der Waals surface area contributed by atoms with Crippen LogP contribution in [0.15, 0.2) is 24.3 Å². The minimum Gasteiger partial charge on any atom is -0.465 e. The van der Waals surface area contributed by atoms with Crippen LogP contribution in [0.1, 0.15) is 57.1 Å². The van der Waals surface area contributed by atoms with Crippen molar-refractivity contribution in [2.45, 2.75) is 65.1 Å². The molecule has 0 aliphatic carbocycles. The van der Waals surface area contributed by atoms with Crippen LogP contribution in [-0.4, -0.2) is 76.1 Å². The summed E-state index contributed by atoms with van der Waals surface area (Å²) in [5, 5.41) is 13.0. The number of unbranched alkanes of at least 4 members (excludes halogenated alkanes) is 1. The number of ether oxygens (including phenoxy) is 1. The number of para-hydroxylation sites is 2. The van der Waals surface area contributed by atoms with E-state index in [1.54, 1.807) is 14.0 Å². The molecule has 35 heavy (non-hydrogen) atoms. The lowest BCUT2D eigenvalue weighted by atomic mass is 9.88. The monoisotopic (exact) mass is 486 g/mol. The number of nitrogens with one attached hydrogen (secondary N) is 1.